The molecule has 0 aromatic heterocycles. The lowest BCUT2D eigenvalue weighted by Gasteiger charge is -2.19. The normalized spacial score (nSPS) is 21.7. The quantitative estimate of drug-likeness (QED) is 0.827. The molecule has 0 saturated carbocycles. The Bertz CT molecular complexity index is 402. The fraction of sp³-hybridized carbons (Fsp3) is 0.571. The lowest BCUT2D eigenvalue weighted by Crippen LogP contribution is -2.33. The molecule has 1 fully saturated rings. The summed E-state index contributed by atoms with van der Waals surface area (Å²) in [6.07, 6.45) is -0.00301. The zero-order valence-corrected chi connectivity index (χ0v) is 11.6. The molecule has 5 heteroatoms. The predicted octanol–water partition coefficient (Wildman–Crippen LogP) is 1.28. The molecule has 0 aliphatic carbocycles. The van der Waals surface area contributed by atoms with Crippen molar-refractivity contribution in [2.24, 2.45) is 0 Å². The molecule has 0 radical (unpaired) electrons. The number of halogens is 1. The third-order valence-electron chi connectivity index (χ3n) is 3.24. The van der Waals surface area contributed by atoms with Gasteiger partial charge in [0.2, 0.25) is 0 Å². The Labute approximate surface area is 118 Å². The fourth-order valence-electron chi connectivity index (χ4n) is 2.25. The highest BCUT2D eigenvalue weighted by Crippen LogP contribution is 2.16. The molecule has 1 saturated heterocycles. The molecule has 1 aromatic rings. The monoisotopic (exact) mass is 285 g/mol. The Morgan fingerprint density at radius 2 is 2.21 bits per heavy atom. The van der Waals surface area contributed by atoms with Crippen LogP contribution in [0.4, 0.5) is 0 Å². The standard InChI is InChI=1S/C14H20ClNO3/c15-14-4-2-1-3-11(14)9-19-10-13(18)8-16-6-5-12(17)7-16/h1-4,12-13,17-18H,5-10H2. The number of ether oxygens (including phenoxy) is 1. The SMILES string of the molecule is OC1CCN(CC(O)COCc2ccccc2Cl)C1. The molecule has 2 atom stereocenters. The van der Waals surface area contributed by atoms with Crippen molar-refractivity contribution in [3.63, 3.8) is 0 Å². The Hall–Kier alpha value is -0.650. The number of β-amino-alcohol motifs (C(OH)–C–C–N with tert-alkyl or cyclic N) is 2. The van der Waals surface area contributed by atoms with E-state index in [0.717, 1.165) is 18.5 Å². The van der Waals surface area contributed by atoms with E-state index in [0.29, 0.717) is 24.7 Å². The molecule has 0 bridgehead atoms. The van der Waals surface area contributed by atoms with E-state index in [9.17, 15) is 10.2 Å². The van der Waals surface area contributed by atoms with E-state index in [1.165, 1.54) is 0 Å². The predicted molar refractivity (Wildman–Crippen MR) is 74.2 cm³/mol. The van der Waals surface area contributed by atoms with Crippen LogP contribution in [0.5, 0.6) is 0 Å². The van der Waals surface area contributed by atoms with E-state index in [4.69, 9.17) is 16.3 Å². The van der Waals surface area contributed by atoms with Gasteiger partial charge in [0.25, 0.3) is 0 Å². The van der Waals surface area contributed by atoms with Crippen LogP contribution in [0.15, 0.2) is 24.3 Å². The number of benzene rings is 1. The minimum atomic E-state index is -0.534. The van der Waals surface area contributed by atoms with Crippen LogP contribution in [0.2, 0.25) is 5.02 Å². The molecule has 1 aliphatic heterocycles. The third-order valence-corrected chi connectivity index (χ3v) is 3.61. The average Bonchev–Trinajstić information content (AvgIpc) is 2.77. The summed E-state index contributed by atoms with van der Waals surface area (Å²) in [5, 5.41) is 19.9. The summed E-state index contributed by atoms with van der Waals surface area (Å²) < 4.78 is 5.48. The molecular weight excluding hydrogens is 266 g/mol. The number of likely N-dealkylation sites (tertiary alicyclic amines) is 1. The maximum Gasteiger partial charge on any atom is 0.0900 e. The summed E-state index contributed by atoms with van der Waals surface area (Å²) in [4.78, 5) is 2.05. The van der Waals surface area contributed by atoms with E-state index in [2.05, 4.69) is 0 Å². The smallest absolute Gasteiger partial charge is 0.0900 e. The first-order valence-corrected chi connectivity index (χ1v) is 6.92. The van der Waals surface area contributed by atoms with Crippen LogP contribution in [0.25, 0.3) is 0 Å². The Balaban J connectivity index is 1.66. The van der Waals surface area contributed by atoms with Gasteiger partial charge in [0.15, 0.2) is 0 Å². The van der Waals surface area contributed by atoms with Crippen molar-refractivity contribution < 1.29 is 14.9 Å². The van der Waals surface area contributed by atoms with E-state index in [1.54, 1.807) is 0 Å². The molecule has 2 N–H and O–H groups in total. The van der Waals surface area contributed by atoms with Gasteiger partial charge in [-0.3, -0.25) is 4.90 Å². The second kappa shape index (κ2) is 7.22. The van der Waals surface area contributed by atoms with Crippen molar-refractivity contribution in [3.05, 3.63) is 34.9 Å². The lowest BCUT2D eigenvalue weighted by molar-refractivity contribution is 0.0118. The van der Waals surface area contributed by atoms with Gasteiger partial charge in [0.1, 0.15) is 0 Å². The van der Waals surface area contributed by atoms with Gasteiger partial charge in [0.05, 0.1) is 25.4 Å². The molecule has 1 heterocycles. The summed E-state index contributed by atoms with van der Waals surface area (Å²) in [5.74, 6) is 0. The molecule has 2 unspecified atom stereocenters. The Kier molecular flexibility index (Phi) is 5.60. The largest absolute Gasteiger partial charge is 0.392 e. The number of hydrogen-bond donors (Lipinski definition) is 2. The molecule has 106 valence electrons. The van der Waals surface area contributed by atoms with Gasteiger partial charge in [-0.2, -0.15) is 0 Å². The van der Waals surface area contributed by atoms with Crippen molar-refractivity contribution in [3.8, 4) is 0 Å². The highest BCUT2D eigenvalue weighted by atomic mass is 35.5. The summed E-state index contributed by atoms with van der Waals surface area (Å²) in [6, 6.07) is 7.51. The van der Waals surface area contributed by atoms with Crippen molar-refractivity contribution in [1.82, 2.24) is 4.90 Å². The first kappa shape index (κ1) is 14.8. The second-order valence-electron chi connectivity index (χ2n) is 4.96. The summed E-state index contributed by atoms with van der Waals surface area (Å²) >= 11 is 6.01. The van der Waals surface area contributed by atoms with Crippen LogP contribution in [-0.2, 0) is 11.3 Å². The third kappa shape index (κ3) is 4.75. The van der Waals surface area contributed by atoms with Gasteiger partial charge in [-0.25, -0.2) is 0 Å². The van der Waals surface area contributed by atoms with Gasteiger partial charge >= 0.3 is 0 Å². The highest BCUT2D eigenvalue weighted by Gasteiger charge is 2.22. The Morgan fingerprint density at radius 1 is 1.42 bits per heavy atom. The fourth-order valence-corrected chi connectivity index (χ4v) is 2.44. The van der Waals surface area contributed by atoms with Gasteiger partial charge in [-0.05, 0) is 18.1 Å². The summed E-state index contributed by atoms with van der Waals surface area (Å²) in [6.45, 7) is 2.70. The van der Waals surface area contributed by atoms with Gasteiger partial charge in [0, 0.05) is 24.7 Å². The van der Waals surface area contributed by atoms with Gasteiger partial charge < -0.3 is 14.9 Å². The van der Waals surface area contributed by atoms with Gasteiger partial charge in [-0.15, -0.1) is 0 Å². The summed E-state index contributed by atoms with van der Waals surface area (Å²) in [5.41, 5.74) is 0.924. The number of hydrogen-bond acceptors (Lipinski definition) is 4. The minimum absolute atomic E-state index is 0.253. The molecule has 1 aliphatic rings. The van der Waals surface area contributed by atoms with Crippen LogP contribution in [0.1, 0.15) is 12.0 Å². The average molecular weight is 286 g/mol. The van der Waals surface area contributed by atoms with E-state index in [1.807, 2.05) is 29.2 Å². The van der Waals surface area contributed by atoms with Crippen LogP contribution in [0.3, 0.4) is 0 Å². The minimum Gasteiger partial charge on any atom is -0.392 e. The number of aliphatic hydroxyl groups is 2. The van der Waals surface area contributed by atoms with Crippen molar-refractivity contribution in [2.45, 2.75) is 25.2 Å². The molecule has 4 nitrogen and oxygen atoms in total. The molecular formula is C14H20ClNO3. The van der Waals surface area contributed by atoms with Gasteiger partial charge in [-0.1, -0.05) is 29.8 Å². The molecule has 0 spiro atoms. The van der Waals surface area contributed by atoms with E-state index < -0.39 is 6.10 Å². The van der Waals surface area contributed by atoms with E-state index in [-0.39, 0.29) is 12.7 Å². The molecule has 1 aromatic carbocycles. The van der Waals surface area contributed by atoms with Crippen LogP contribution in [-0.4, -0.2) is 53.6 Å². The van der Waals surface area contributed by atoms with Crippen LogP contribution < -0.4 is 0 Å². The van der Waals surface area contributed by atoms with Crippen molar-refractivity contribution >= 4 is 11.6 Å². The van der Waals surface area contributed by atoms with Crippen molar-refractivity contribution in [2.75, 3.05) is 26.2 Å². The molecule has 0 amide bonds. The Morgan fingerprint density at radius 3 is 2.89 bits per heavy atom. The first-order chi connectivity index (χ1) is 9.15. The van der Waals surface area contributed by atoms with E-state index >= 15 is 0 Å². The number of nitrogens with zero attached hydrogens (tertiary/aromatic N) is 1. The molecule has 2 rings (SSSR count). The first-order valence-electron chi connectivity index (χ1n) is 6.55. The maximum atomic E-state index is 9.86. The van der Waals surface area contributed by atoms with Crippen molar-refractivity contribution in [1.29, 1.82) is 0 Å². The second-order valence-corrected chi connectivity index (χ2v) is 5.37. The zero-order chi connectivity index (χ0) is 13.7. The zero-order valence-electron chi connectivity index (χ0n) is 10.8. The molecule has 19 heavy (non-hydrogen) atoms. The topological polar surface area (TPSA) is 52.9 Å². The summed E-state index contributed by atoms with van der Waals surface area (Å²) in [7, 11) is 0. The lowest BCUT2D eigenvalue weighted by atomic mass is 10.2. The number of rotatable bonds is 6. The maximum absolute atomic E-state index is 9.86. The van der Waals surface area contributed by atoms with Crippen LogP contribution in [0, 0.1) is 0 Å². The number of aliphatic hydroxyl groups excluding tert-OH is 2. The highest BCUT2D eigenvalue weighted by molar-refractivity contribution is 6.31. The van der Waals surface area contributed by atoms with Crippen LogP contribution >= 0.6 is 11.6 Å².